The highest BCUT2D eigenvalue weighted by Gasteiger charge is 2.08. The third-order valence-corrected chi connectivity index (χ3v) is 2.19. The molecule has 0 N–H and O–H groups in total. The highest BCUT2D eigenvalue weighted by Crippen LogP contribution is 1.98. The van der Waals surface area contributed by atoms with Crippen molar-refractivity contribution in [3.05, 3.63) is 12.3 Å². The molecule has 0 saturated carbocycles. The number of hydrogen-bond acceptors (Lipinski definition) is 2. The molecule has 2 amide bonds. The molecule has 0 aliphatic heterocycles. The summed E-state index contributed by atoms with van der Waals surface area (Å²) < 4.78 is 0. The molecule has 0 spiro atoms. The van der Waals surface area contributed by atoms with Gasteiger partial charge in [-0.05, 0) is 13.0 Å². The molecule has 1 atom stereocenters. The normalized spacial score (nSPS) is 12.6. The summed E-state index contributed by atoms with van der Waals surface area (Å²) in [5.74, 6) is -0.0217. The third-order valence-electron chi connectivity index (χ3n) is 2.19. The van der Waals surface area contributed by atoms with Crippen LogP contribution in [0.15, 0.2) is 12.3 Å². The van der Waals surface area contributed by atoms with Crippen molar-refractivity contribution in [3.63, 3.8) is 0 Å². The van der Waals surface area contributed by atoms with Gasteiger partial charge in [-0.3, -0.25) is 9.59 Å². The lowest BCUT2D eigenvalue weighted by Crippen LogP contribution is -2.32. The molecule has 0 rings (SSSR count). The van der Waals surface area contributed by atoms with Crippen molar-refractivity contribution >= 4 is 11.8 Å². The van der Waals surface area contributed by atoms with Gasteiger partial charge in [-0.2, -0.15) is 0 Å². The molecule has 0 bridgehead atoms. The van der Waals surface area contributed by atoms with Gasteiger partial charge in [0.25, 0.3) is 0 Å². The van der Waals surface area contributed by atoms with Gasteiger partial charge in [0.2, 0.25) is 11.8 Å². The predicted octanol–water partition coefficient (Wildman–Crippen LogP) is 0.845. The van der Waals surface area contributed by atoms with Gasteiger partial charge in [0.05, 0.1) is 0 Å². The standard InChI is InChI=1S/C10H18N2O2/c1-8(12(5)10(3)14)6-7-11(4)9(2)13/h6-8H,1-5H3/b7-6+/t8-/m1/s1. The molecule has 0 heterocycles. The van der Waals surface area contributed by atoms with Crippen molar-refractivity contribution < 1.29 is 9.59 Å². The van der Waals surface area contributed by atoms with E-state index in [0.717, 1.165) is 0 Å². The number of likely N-dealkylation sites (N-methyl/N-ethyl adjacent to an activating group) is 1. The molecule has 0 unspecified atom stereocenters. The van der Waals surface area contributed by atoms with E-state index in [9.17, 15) is 9.59 Å². The quantitative estimate of drug-likeness (QED) is 0.674. The number of carbonyl (C=O) groups excluding carboxylic acids is 2. The van der Waals surface area contributed by atoms with E-state index in [1.54, 1.807) is 25.2 Å². The van der Waals surface area contributed by atoms with E-state index in [1.807, 2.05) is 13.0 Å². The SMILES string of the molecule is CC(=O)N(C)/C=C/[C@@H](C)N(C)C(C)=O. The Balaban J connectivity index is 4.24. The zero-order valence-electron chi connectivity index (χ0n) is 9.44. The summed E-state index contributed by atoms with van der Waals surface area (Å²) in [5.41, 5.74) is 0. The summed E-state index contributed by atoms with van der Waals surface area (Å²) in [7, 11) is 3.41. The first-order chi connectivity index (χ1) is 6.36. The molecule has 4 nitrogen and oxygen atoms in total. The summed E-state index contributed by atoms with van der Waals surface area (Å²) in [5, 5.41) is 0. The van der Waals surface area contributed by atoms with Crippen LogP contribution in [0.4, 0.5) is 0 Å². The first-order valence-electron chi connectivity index (χ1n) is 4.51. The second-order valence-corrected chi connectivity index (χ2v) is 3.34. The zero-order valence-corrected chi connectivity index (χ0v) is 9.44. The number of nitrogens with zero attached hydrogens (tertiary/aromatic N) is 2. The average molecular weight is 198 g/mol. The second kappa shape index (κ2) is 5.42. The molecule has 0 aliphatic carbocycles. The highest BCUT2D eigenvalue weighted by atomic mass is 16.2. The van der Waals surface area contributed by atoms with Gasteiger partial charge < -0.3 is 9.80 Å². The molecule has 0 aromatic rings. The second-order valence-electron chi connectivity index (χ2n) is 3.34. The molecule has 0 aromatic heterocycles. The topological polar surface area (TPSA) is 40.6 Å². The van der Waals surface area contributed by atoms with Crippen LogP contribution in [0.3, 0.4) is 0 Å². The zero-order chi connectivity index (χ0) is 11.3. The lowest BCUT2D eigenvalue weighted by molar-refractivity contribution is -0.128. The smallest absolute Gasteiger partial charge is 0.223 e. The number of rotatable bonds is 3. The van der Waals surface area contributed by atoms with Crippen LogP contribution >= 0.6 is 0 Å². The van der Waals surface area contributed by atoms with Crippen LogP contribution in [0.1, 0.15) is 20.8 Å². The largest absolute Gasteiger partial charge is 0.340 e. The van der Waals surface area contributed by atoms with E-state index < -0.39 is 0 Å². The Labute approximate surface area is 85.2 Å². The fourth-order valence-corrected chi connectivity index (χ4v) is 0.774. The molecular formula is C10H18N2O2. The number of carbonyl (C=O) groups is 2. The number of amides is 2. The summed E-state index contributed by atoms with van der Waals surface area (Å²) in [6, 6.07) is -0.00528. The Hall–Kier alpha value is -1.32. The van der Waals surface area contributed by atoms with Gasteiger partial charge in [-0.15, -0.1) is 0 Å². The molecule has 0 aromatic carbocycles. The maximum absolute atomic E-state index is 11.0. The minimum absolute atomic E-state index is 0.00528. The van der Waals surface area contributed by atoms with Crippen molar-refractivity contribution in [1.29, 1.82) is 0 Å². The Morgan fingerprint density at radius 2 is 1.64 bits per heavy atom. The molecule has 14 heavy (non-hydrogen) atoms. The Morgan fingerprint density at radius 3 is 2.00 bits per heavy atom. The van der Waals surface area contributed by atoms with Crippen molar-refractivity contribution in [2.24, 2.45) is 0 Å². The lowest BCUT2D eigenvalue weighted by Gasteiger charge is -2.21. The fraction of sp³-hybridized carbons (Fsp3) is 0.600. The van der Waals surface area contributed by atoms with Crippen LogP contribution in [-0.4, -0.2) is 41.8 Å². The minimum Gasteiger partial charge on any atom is -0.340 e. The van der Waals surface area contributed by atoms with Crippen molar-refractivity contribution in [2.45, 2.75) is 26.8 Å². The Morgan fingerprint density at radius 1 is 1.14 bits per heavy atom. The summed E-state index contributed by atoms with van der Waals surface area (Å²) in [6.45, 7) is 4.90. The Kier molecular flexibility index (Phi) is 4.91. The number of hydrogen-bond donors (Lipinski definition) is 0. The van der Waals surface area contributed by atoms with Gasteiger partial charge in [-0.25, -0.2) is 0 Å². The van der Waals surface area contributed by atoms with Crippen LogP contribution in [0.25, 0.3) is 0 Å². The van der Waals surface area contributed by atoms with Crippen LogP contribution in [0.5, 0.6) is 0 Å². The van der Waals surface area contributed by atoms with Gasteiger partial charge in [-0.1, -0.05) is 0 Å². The van der Waals surface area contributed by atoms with E-state index in [4.69, 9.17) is 0 Å². The summed E-state index contributed by atoms with van der Waals surface area (Å²) in [6.07, 6.45) is 3.48. The van der Waals surface area contributed by atoms with Crippen molar-refractivity contribution in [3.8, 4) is 0 Å². The maximum atomic E-state index is 11.0. The molecule has 0 fully saturated rings. The van der Waals surface area contributed by atoms with Gasteiger partial charge in [0, 0.05) is 40.2 Å². The Bertz CT molecular complexity index is 249. The molecule has 0 saturated heterocycles. The maximum Gasteiger partial charge on any atom is 0.223 e. The summed E-state index contributed by atoms with van der Waals surface area (Å²) in [4.78, 5) is 24.9. The molecule has 4 heteroatoms. The van der Waals surface area contributed by atoms with Crippen LogP contribution in [0.2, 0.25) is 0 Å². The first kappa shape index (κ1) is 12.7. The van der Waals surface area contributed by atoms with E-state index in [0.29, 0.717) is 0 Å². The van der Waals surface area contributed by atoms with E-state index in [2.05, 4.69) is 0 Å². The van der Waals surface area contributed by atoms with Crippen LogP contribution in [0, 0.1) is 0 Å². The van der Waals surface area contributed by atoms with Crippen molar-refractivity contribution in [1.82, 2.24) is 9.80 Å². The van der Waals surface area contributed by atoms with Gasteiger partial charge in [0.1, 0.15) is 0 Å². The van der Waals surface area contributed by atoms with Gasteiger partial charge >= 0.3 is 0 Å². The van der Waals surface area contributed by atoms with Crippen LogP contribution in [-0.2, 0) is 9.59 Å². The monoisotopic (exact) mass is 198 g/mol. The van der Waals surface area contributed by atoms with E-state index in [-0.39, 0.29) is 17.9 Å². The van der Waals surface area contributed by atoms with Gasteiger partial charge in [0.15, 0.2) is 0 Å². The minimum atomic E-state index is -0.0288. The lowest BCUT2D eigenvalue weighted by atomic mass is 10.3. The summed E-state index contributed by atoms with van der Waals surface area (Å²) >= 11 is 0. The first-order valence-corrected chi connectivity index (χ1v) is 4.51. The fourth-order valence-electron chi connectivity index (χ4n) is 0.774. The van der Waals surface area contributed by atoms with Crippen LogP contribution < -0.4 is 0 Å². The highest BCUT2D eigenvalue weighted by molar-refractivity contribution is 5.74. The molecule has 80 valence electrons. The third kappa shape index (κ3) is 4.07. The van der Waals surface area contributed by atoms with E-state index >= 15 is 0 Å². The average Bonchev–Trinajstić information content (AvgIpc) is 2.11. The van der Waals surface area contributed by atoms with Crippen molar-refractivity contribution in [2.75, 3.05) is 14.1 Å². The molecular weight excluding hydrogens is 180 g/mol. The predicted molar refractivity (Wildman–Crippen MR) is 55.5 cm³/mol. The molecule has 0 aliphatic rings. The van der Waals surface area contributed by atoms with E-state index in [1.165, 1.54) is 18.7 Å². The molecule has 0 radical (unpaired) electrons.